The molecule has 2 heterocycles. The number of likely N-dealkylation sites (tertiary alicyclic amines) is 1. The van der Waals surface area contributed by atoms with E-state index in [1.54, 1.807) is 19.2 Å². The predicted octanol–water partition coefficient (Wildman–Crippen LogP) is 1.21. The maximum atomic E-state index is 11.5. The molecule has 1 saturated heterocycles. The van der Waals surface area contributed by atoms with Gasteiger partial charge in [-0.1, -0.05) is 13.3 Å². The van der Waals surface area contributed by atoms with Crippen molar-refractivity contribution in [3.05, 3.63) is 23.7 Å². The lowest BCUT2D eigenvalue weighted by molar-refractivity contribution is 0.0932. The predicted molar refractivity (Wildman–Crippen MR) is 94.8 cm³/mol. The van der Waals surface area contributed by atoms with Gasteiger partial charge in [0.1, 0.15) is 5.76 Å². The van der Waals surface area contributed by atoms with E-state index in [0.717, 1.165) is 19.4 Å². The van der Waals surface area contributed by atoms with Crippen molar-refractivity contribution in [1.29, 1.82) is 0 Å². The maximum Gasteiger partial charge on any atom is 0.286 e. The number of carbonyl (C=O) groups excluding carboxylic acids is 1. The van der Waals surface area contributed by atoms with Crippen molar-refractivity contribution in [2.75, 3.05) is 26.4 Å². The number of sulfonamides is 1. The van der Waals surface area contributed by atoms with E-state index in [9.17, 15) is 13.2 Å². The van der Waals surface area contributed by atoms with E-state index in [0.29, 0.717) is 24.8 Å². The number of furan rings is 1. The molecule has 138 valence electrons. The number of amides is 1. The van der Waals surface area contributed by atoms with Crippen LogP contribution in [0.4, 0.5) is 0 Å². The second-order valence-corrected chi connectivity index (χ2v) is 7.86. The van der Waals surface area contributed by atoms with Gasteiger partial charge in [-0.25, -0.2) is 13.1 Å². The number of rotatable bonds is 7. The average Bonchev–Trinajstić information content (AvgIpc) is 3.05. The van der Waals surface area contributed by atoms with E-state index in [-0.39, 0.29) is 30.1 Å². The molecule has 24 heavy (non-hydrogen) atoms. The Labute approximate surface area is 149 Å². The zero-order chi connectivity index (χ0) is 17.0. The molecule has 0 bridgehead atoms. The first kappa shape index (κ1) is 21.0. The Morgan fingerprint density at radius 2 is 2.08 bits per heavy atom. The summed E-state index contributed by atoms with van der Waals surface area (Å²) >= 11 is 0. The Balaban J connectivity index is 0.00000288. The lowest BCUT2D eigenvalue weighted by Gasteiger charge is -2.17. The average molecular weight is 380 g/mol. The molecule has 9 heteroatoms. The summed E-state index contributed by atoms with van der Waals surface area (Å²) < 4.78 is 31.3. The first-order valence-corrected chi connectivity index (χ1v) is 9.72. The van der Waals surface area contributed by atoms with E-state index in [1.807, 2.05) is 0 Å². The van der Waals surface area contributed by atoms with Gasteiger partial charge in [-0.05, 0) is 24.5 Å². The highest BCUT2D eigenvalue weighted by molar-refractivity contribution is 7.88. The first-order chi connectivity index (χ1) is 10.8. The molecule has 1 aliphatic heterocycles. The summed E-state index contributed by atoms with van der Waals surface area (Å²) in [4.78, 5) is 13.7. The Bertz CT molecular complexity index is 647. The molecule has 1 aromatic heterocycles. The summed E-state index contributed by atoms with van der Waals surface area (Å²) in [5.41, 5.74) is 0. The van der Waals surface area contributed by atoms with Crippen molar-refractivity contribution in [3.63, 3.8) is 0 Å². The van der Waals surface area contributed by atoms with Crippen molar-refractivity contribution in [3.8, 4) is 0 Å². The van der Waals surface area contributed by atoms with Crippen LogP contribution in [-0.4, -0.2) is 51.7 Å². The van der Waals surface area contributed by atoms with Crippen molar-refractivity contribution >= 4 is 28.3 Å². The van der Waals surface area contributed by atoms with Crippen molar-refractivity contribution < 1.29 is 17.6 Å². The molecule has 1 aromatic rings. The molecule has 2 atom stereocenters. The SMILES string of the molecule is CCC[C@H]1CN(Cc2ccc(C(=O)NC)o2)C[C@@H]1NS(C)(=O)=O.Cl. The van der Waals surface area contributed by atoms with Gasteiger partial charge in [-0.2, -0.15) is 0 Å². The fourth-order valence-electron chi connectivity index (χ4n) is 3.09. The van der Waals surface area contributed by atoms with Gasteiger partial charge in [-0.3, -0.25) is 9.69 Å². The molecule has 1 fully saturated rings. The third-order valence-electron chi connectivity index (χ3n) is 4.03. The number of halogens is 1. The molecule has 2 rings (SSSR count). The number of hydrogen-bond acceptors (Lipinski definition) is 5. The van der Waals surface area contributed by atoms with Crippen LogP contribution < -0.4 is 10.0 Å². The Morgan fingerprint density at radius 1 is 1.38 bits per heavy atom. The van der Waals surface area contributed by atoms with Gasteiger partial charge in [0.25, 0.3) is 5.91 Å². The minimum atomic E-state index is -3.22. The number of nitrogens with one attached hydrogen (secondary N) is 2. The monoisotopic (exact) mass is 379 g/mol. The van der Waals surface area contributed by atoms with Crippen LogP contribution in [0.25, 0.3) is 0 Å². The van der Waals surface area contributed by atoms with Crippen LogP contribution in [0.5, 0.6) is 0 Å². The molecule has 0 aliphatic carbocycles. The second-order valence-electron chi connectivity index (χ2n) is 6.08. The fraction of sp³-hybridized carbons (Fsp3) is 0.667. The van der Waals surface area contributed by atoms with Gasteiger partial charge in [0.15, 0.2) is 5.76 Å². The fourth-order valence-corrected chi connectivity index (χ4v) is 3.91. The summed E-state index contributed by atoms with van der Waals surface area (Å²) in [6.45, 7) is 4.13. The van der Waals surface area contributed by atoms with Crippen LogP contribution in [0, 0.1) is 5.92 Å². The quantitative estimate of drug-likeness (QED) is 0.743. The van der Waals surface area contributed by atoms with Gasteiger partial charge in [0.2, 0.25) is 10.0 Å². The topological polar surface area (TPSA) is 91.7 Å². The molecule has 0 aromatic carbocycles. The Morgan fingerprint density at radius 3 is 2.67 bits per heavy atom. The summed E-state index contributed by atoms with van der Waals surface area (Å²) in [5.74, 6) is 1.04. The van der Waals surface area contributed by atoms with Gasteiger partial charge in [0, 0.05) is 26.2 Å². The van der Waals surface area contributed by atoms with E-state index in [2.05, 4.69) is 21.9 Å². The van der Waals surface area contributed by atoms with Crippen molar-refractivity contribution in [1.82, 2.24) is 14.9 Å². The highest BCUT2D eigenvalue weighted by atomic mass is 35.5. The normalized spacial score (nSPS) is 21.5. The maximum absolute atomic E-state index is 11.5. The van der Waals surface area contributed by atoms with Crippen LogP contribution in [0.3, 0.4) is 0 Å². The first-order valence-electron chi connectivity index (χ1n) is 7.82. The molecule has 0 radical (unpaired) electrons. The summed E-state index contributed by atoms with van der Waals surface area (Å²) in [5, 5.41) is 2.52. The molecule has 7 nitrogen and oxygen atoms in total. The molecule has 1 aliphatic rings. The molecular formula is C15H26ClN3O4S. The van der Waals surface area contributed by atoms with Crippen LogP contribution >= 0.6 is 12.4 Å². The van der Waals surface area contributed by atoms with Gasteiger partial charge in [-0.15, -0.1) is 12.4 Å². The van der Waals surface area contributed by atoms with Crippen LogP contribution in [0.2, 0.25) is 0 Å². The third-order valence-corrected chi connectivity index (χ3v) is 4.76. The minimum absolute atomic E-state index is 0. The second kappa shape index (κ2) is 8.84. The molecule has 2 N–H and O–H groups in total. The van der Waals surface area contributed by atoms with E-state index < -0.39 is 10.0 Å². The zero-order valence-corrected chi connectivity index (χ0v) is 15.9. The molecule has 0 saturated carbocycles. The number of carbonyl (C=O) groups is 1. The third kappa shape index (κ3) is 5.77. The van der Waals surface area contributed by atoms with Gasteiger partial charge in [0.05, 0.1) is 12.8 Å². The largest absolute Gasteiger partial charge is 0.455 e. The molecule has 1 amide bonds. The van der Waals surface area contributed by atoms with E-state index in [4.69, 9.17) is 4.42 Å². The standard InChI is InChI=1S/C15H25N3O4S.ClH/c1-4-5-11-8-18(10-13(11)17-23(3,20)21)9-12-6-7-14(22-12)15(19)16-2;/h6-7,11,13,17H,4-5,8-10H2,1-3H3,(H,16,19);1H/t11-,13-;/m0./s1. The summed E-state index contributed by atoms with van der Waals surface area (Å²) in [6.07, 6.45) is 3.19. The smallest absolute Gasteiger partial charge is 0.286 e. The molecule has 0 spiro atoms. The molecular weight excluding hydrogens is 354 g/mol. The van der Waals surface area contributed by atoms with Crippen molar-refractivity contribution in [2.24, 2.45) is 5.92 Å². The van der Waals surface area contributed by atoms with Crippen LogP contribution in [0.15, 0.2) is 16.5 Å². The van der Waals surface area contributed by atoms with E-state index in [1.165, 1.54) is 6.26 Å². The van der Waals surface area contributed by atoms with Crippen LogP contribution in [0.1, 0.15) is 36.1 Å². The molecule has 0 unspecified atom stereocenters. The Hall–Kier alpha value is -1.09. The minimum Gasteiger partial charge on any atom is -0.455 e. The van der Waals surface area contributed by atoms with Gasteiger partial charge < -0.3 is 9.73 Å². The van der Waals surface area contributed by atoms with Crippen LogP contribution in [-0.2, 0) is 16.6 Å². The lowest BCUT2D eigenvalue weighted by Crippen LogP contribution is -2.39. The number of hydrogen-bond donors (Lipinski definition) is 2. The summed E-state index contributed by atoms with van der Waals surface area (Å²) in [7, 11) is -1.66. The van der Waals surface area contributed by atoms with Crippen molar-refractivity contribution in [2.45, 2.75) is 32.4 Å². The Kier molecular flexibility index (Phi) is 7.72. The summed E-state index contributed by atoms with van der Waals surface area (Å²) in [6, 6.07) is 3.37. The van der Waals surface area contributed by atoms with Gasteiger partial charge >= 0.3 is 0 Å². The zero-order valence-electron chi connectivity index (χ0n) is 14.2. The highest BCUT2D eigenvalue weighted by Crippen LogP contribution is 2.24. The highest BCUT2D eigenvalue weighted by Gasteiger charge is 2.34. The lowest BCUT2D eigenvalue weighted by atomic mass is 9.99. The van der Waals surface area contributed by atoms with E-state index >= 15 is 0 Å². The number of nitrogens with zero attached hydrogens (tertiary/aromatic N) is 1.